The van der Waals surface area contributed by atoms with Crippen LogP contribution in [0, 0.1) is 10.1 Å². The van der Waals surface area contributed by atoms with Crippen LogP contribution in [0.15, 0.2) is 30.6 Å². The van der Waals surface area contributed by atoms with Gasteiger partial charge in [0.05, 0.1) is 17.1 Å². The molecule has 3 rings (SSSR count). The van der Waals surface area contributed by atoms with Gasteiger partial charge < -0.3 is 5.11 Å². The lowest BCUT2D eigenvalue weighted by Gasteiger charge is -2.31. The third-order valence-electron chi connectivity index (χ3n) is 4.09. The van der Waals surface area contributed by atoms with Gasteiger partial charge in [0.2, 0.25) is 0 Å². The fourth-order valence-corrected chi connectivity index (χ4v) is 2.93. The second-order valence-corrected chi connectivity index (χ2v) is 5.86. The second-order valence-electron chi connectivity index (χ2n) is 5.86. The van der Waals surface area contributed by atoms with E-state index >= 15 is 0 Å². The zero-order valence-electron chi connectivity index (χ0n) is 12.2. The first-order chi connectivity index (χ1) is 10.6. The van der Waals surface area contributed by atoms with E-state index in [0.717, 1.165) is 25.7 Å². The van der Waals surface area contributed by atoms with Crippen LogP contribution in [0.3, 0.4) is 0 Å². The third kappa shape index (κ3) is 3.14. The average molecular weight is 302 g/mol. The molecule has 2 aromatic rings. The number of rotatable bonds is 4. The van der Waals surface area contributed by atoms with Crippen molar-refractivity contribution >= 4 is 5.69 Å². The van der Waals surface area contributed by atoms with Crippen molar-refractivity contribution in [1.82, 2.24) is 14.8 Å². The van der Waals surface area contributed by atoms with Gasteiger partial charge in [-0.3, -0.25) is 10.1 Å². The summed E-state index contributed by atoms with van der Waals surface area (Å²) < 4.78 is 1.62. The molecule has 22 heavy (non-hydrogen) atoms. The zero-order chi connectivity index (χ0) is 15.6. The summed E-state index contributed by atoms with van der Waals surface area (Å²) in [5.41, 5.74) is -0.102. The van der Waals surface area contributed by atoms with Gasteiger partial charge in [0.1, 0.15) is 6.33 Å². The third-order valence-corrected chi connectivity index (χ3v) is 4.09. The minimum atomic E-state index is -0.716. The smallest absolute Gasteiger partial charge is 0.270 e. The van der Waals surface area contributed by atoms with Crippen LogP contribution < -0.4 is 0 Å². The van der Waals surface area contributed by atoms with Crippen LogP contribution >= 0.6 is 0 Å². The van der Waals surface area contributed by atoms with E-state index < -0.39 is 10.5 Å². The Kier molecular flexibility index (Phi) is 3.89. The first-order valence-corrected chi connectivity index (χ1v) is 7.42. The van der Waals surface area contributed by atoms with E-state index in [1.54, 1.807) is 23.1 Å². The Balaban J connectivity index is 1.78. The number of benzene rings is 1. The molecule has 0 atom stereocenters. The number of aliphatic hydroxyl groups is 1. The summed E-state index contributed by atoms with van der Waals surface area (Å²) in [6, 6.07) is 6.24. The summed E-state index contributed by atoms with van der Waals surface area (Å²) in [6.07, 6.45) is 6.35. The maximum Gasteiger partial charge on any atom is 0.270 e. The van der Waals surface area contributed by atoms with Gasteiger partial charge >= 0.3 is 0 Å². The zero-order valence-corrected chi connectivity index (χ0v) is 12.2. The van der Waals surface area contributed by atoms with Crippen molar-refractivity contribution in [3.05, 3.63) is 40.7 Å². The molecule has 1 aromatic carbocycles. The second kappa shape index (κ2) is 5.84. The highest BCUT2D eigenvalue weighted by molar-refractivity contribution is 5.58. The molecule has 116 valence electrons. The summed E-state index contributed by atoms with van der Waals surface area (Å²) in [4.78, 5) is 14.6. The predicted octanol–water partition coefficient (Wildman–Crippen LogP) is 2.55. The van der Waals surface area contributed by atoms with Crippen LogP contribution in [0.5, 0.6) is 0 Å². The summed E-state index contributed by atoms with van der Waals surface area (Å²) in [6.45, 7) is 0.412. The molecular weight excluding hydrogens is 284 g/mol. The van der Waals surface area contributed by atoms with Crippen LogP contribution in [0.1, 0.15) is 32.1 Å². The van der Waals surface area contributed by atoms with Crippen molar-refractivity contribution in [2.24, 2.45) is 0 Å². The Morgan fingerprint density at radius 2 is 2.09 bits per heavy atom. The lowest BCUT2D eigenvalue weighted by molar-refractivity contribution is -0.384. The maximum absolute atomic E-state index is 10.8. The molecule has 1 heterocycles. The largest absolute Gasteiger partial charge is 0.388 e. The van der Waals surface area contributed by atoms with Gasteiger partial charge in [-0.2, -0.15) is 5.10 Å². The standard InChI is InChI=1S/C15H18N4O3/c20-15(7-2-1-3-8-15)10-18-11-16-14(17-18)12-5-4-6-13(9-12)19(21)22/h4-6,9,11,20H,1-3,7-8,10H2. The van der Waals surface area contributed by atoms with Crippen LogP contribution in [-0.2, 0) is 6.54 Å². The lowest BCUT2D eigenvalue weighted by Crippen LogP contribution is -2.36. The van der Waals surface area contributed by atoms with Gasteiger partial charge in [0, 0.05) is 17.7 Å². The van der Waals surface area contributed by atoms with Crippen LogP contribution in [-0.4, -0.2) is 30.4 Å². The average Bonchev–Trinajstić information content (AvgIpc) is 2.96. The fourth-order valence-electron chi connectivity index (χ4n) is 2.93. The topological polar surface area (TPSA) is 94.1 Å². The van der Waals surface area contributed by atoms with Gasteiger partial charge in [0.25, 0.3) is 5.69 Å². The van der Waals surface area contributed by atoms with Crippen molar-refractivity contribution in [2.45, 2.75) is 44.2 Å². The Hall–Kier alpha value is -2.28. The van der Waals surface area contributed by atoms with E-state index in [0.29, 0.717) is 17.9 Å². The molecule has 1 aliphatic rings. The molecule has 1 N–H and O–H groups in total. The van der Waals surface area contributed by atoms with Crippen molar-refractivity contribution in [1.29, 1.82) is 0 Å². The molecule has 0 unspecified atom stereocenters. The van der Waals surface area contributed by atoms with Gasteiger partial charge in [-0.05, 0) is 12.8 Å². The Morgan fingerprint density at radius 1 is 1.32 bits per heavy atom. The monoisotopic (exact) mass is 302 g/mol. The molecule has 0 bridgehead atoms. The van der Waals surface area contributed by atoms with E-state index in [9.17, 15) is 15.2 Å². The first-order valence-electron chi connectivity index (χ1n) is 7.42. The Morgan fingerprint density at radius 3 is 2.82 bits per heavy atom. The molecule has 1 aromatic heterocycles. The number of hydrogen-bond donors (Lipinski definition) is 1. The summed E-state index contributed by atoms with van der Waals surface area (Å²) in [5.74, 6) is 0.433. The van der Waals surface area contributed by atoms with Gasteiger partial charge in [-0.1, -0.05) is 31.4 Å². The summed E-state index contributed by atoms with van der Waals surface area (Å²) in [7, 11) is 0. The minimum Gasteiger partial charge on any atom is -0.388 e. The highest BCUT2D eigenvalue weighted by Gasteiger charge is 2.30. The number of nitro benzene ring substituents is 1. The molecule has 7 nitrogen and oxygen atoms in total. The quantitative estimate of drug-likeness (QED) is 0.692. The lowest BCUT2D eigenvalue weighted by atomic mass is 9.85. The number of non-ortho nitro benzene ring substituents is 1. The molecular formula is C15H18N4O3. The fraction of sp³-hybridized carbons (Fsp3) is 0.467. The number of aromatic nitrogens is 3. The van der Waals surface area contributed by atoms with E-state index in [2.05, 4.69) is 10.1 Å². The Labute approximate surface area is 127 Å². The number of nitrogens with zero attached hydrogens (tertiary/aromatic N) is 4. The van der Waals surface area contributed by atoms with Gasteiger partial charge in [0.15, 0.2) is 5.82 Å². The van der Waals surface area contributed by atoms with E-state index in [1.807, 2.05) is 0 Å². The summed E-state index contributed by atoms with van der Waals surface area (Å²) >= 11 is 0. The van der Waals surface area contributed by atoms with Crippen molar-refractivity contribution in [2.75, 3.05) is 0 Å². The van der Waals surface area contributed by atoms with E-state index in [4.69, 9.17) is 0 Å². The van der Waals surface area contributed by atoms with Crippen molar-refractivity contribution in [3.8, 4) is 11.4 Å². The highest BCUT2D eigenvalue weighted by atomic mass is 16.6. The van der Waals surface area contributed by atoms with Crippen LogP contribution in [0.4, 0.5) is 5.69 Å². The molecule has 0 saturated heterocycles. The maximum atomic E-state index is 10.8. The molecule has 0 aliphatic heterocycles. The molecule has 7 heteroatoms. The van der Waals surface area contributed by atoms with Gasteiger partial charge in [-0.25, -0.2) is 9.67 Å². The SMILES string of the molecule is O=[N+]([O-])c1cccc(-c2ncn(CC3(O)CCCCC3)n2)c1. The van der Waals surface area contributed by atoms with Crippen LogP contribution in [0.2, 0.25) is 0 Å². The minimum absolute atomic E-state index is 0.0137. The first kappa shape index (κ1) is 14.6. The molecule has 1 aliphatic carbocycles. The van der Waals surface area contributed by atoms with E-state index in [-0.39, 0.29) is 5.69 Å². The number of nitro groups is 1. The highest BCUT2D eigenvalue weighted by Crippen LogP contribution is 2.29. The predicted molar refractivity (Wildman–Crippen MR) is 80.1 cm³/mol. The normalized spacial score (nSPS) is 17.3. The van der Waals surface area contributed by atoms with Crippen LogP contribution in [0.25, 0.3) is 11.4 Å². The van der Waals surface area contributed by atoms with Crippen molar-refractivity contribution in [3.63, 3.8) is 0 Å². The van der Waals surface area contributed by atoms with Gasteiger partial charge in [-0.15, -0.1) is 0 Å². The molecule has 0 amide bonds. The number of hydrogen-bond acceptors (Lipinski definition) is 5. The molecule has 1 fully saturated rings. The molecule has 0 radical (unpaired) electrons. The van der Waals surface area contributed by atoms with Crippen molar-refractivity contribution < 1.29 is 10.0 Å². The molecule has 0 spiro atoms. The van der Waals surface area contributed by atoms with E-state index in [1.165, 1.54) is 18.6 Å². The Bertz CT molecular complexity index is 677. The molecule has 1 saturated carbocycles. The summed E-state index contributed by atoms with van der Waals surface area (Å²) in [5, 5.41) is 25.7.